The van der Waals surface area contributed by atoms with Crippen LogP contribution in [0.5, 0.6) is 11.5 Å². The topological polar surface area (TPSA) is 264 Å². The molecule has 2 aliphatic heterocycles. The molecule has 2 aliphatic rings. The molecule has 7 N–H and O–H groups in total. The molecule has 0 spiro atoms. The molecule has 25 heteroatoms. The van der Waals surface area contributed by atoms with Gasteiger partial charge in [0, 0.05) is 48.2 Å². The number of nitrogens with zero attached hydrogens (tertiary/aromatic N) is 5. The number of hydrogen-bond donors (Lipinski definition) is 5. The van der Waals surface area contributed by atoms with Crippen LogP contribution in [0.15, 0.2) is 48.8 Å². The van der Waals surface area contributed by atoms with Crippen LogP contribution in [0.2, 0.25) is 0 Å². The molecule has 18 nitrogen and oxygen atoms in total. The Morgan fingerprint density at radius 1 is 0.742 bits per heavy atom. The molecule has 4 heterocycles. The van der Waals surface area contributed by atoms with E-state index < -0.39 is 52.8 Å². The molecular weight excluding hydrogens is 969 g/mol. The van der Waals surface area contributed by atoms with Crippen molar-refractivity contribution in [1.29, 1.82) is 0 Å². The molecule has 6 rings (SSSR count). The predicted molar refractivity (Wildman–Crippen MR) is 254 cm³/mol. The molecule has 0 amide bonds. The molecule has 2 saturated heterocycles. The number of nitrogens with two attached hydrogens (primary N) is 2. The zero-order valence-corrected chi connectivity index (χ0v) is 41.1. The van der Waals surface area contributed by atoms with Gasteiger partial charge in [-0.25, -0.2) is 39.9 Å². The number of sulfonamides is 1. The molecule has 0 bridgehead atoms. The number of methoxy groups -OCH3 is 2. The zero-order valence-electron chi connectivity index (χ0n) is 37.2. The van der Waals surface area contributed by atoms with Crippen molar-refractivity contribution in [2.45, 2.75) is 76.0 Å². The van der Waals surface area contributed by atoms with Crippen LogP contribution in [0.25, 0.3) is 0 Å². The van der Waals surface area contributed by atoms with Crippen molar-refractivity contribution >= 4 is 88.1 Å². The lowest BCUT2D eigenvalue weighted by molar-refractivity contribution is 0.102. The van der Waals surface area contributed by atoms with E-state index in [2.05, 4.69) is 35.9 Å². The zero-order chi connectivity index (χ0) is 49.4. The van der Waals surface area contributed by atoms with E-state index in [-0.39, 0.29) is 68.8 Å². The fraction of sp³-hybridized carbons (Fsp3) is 0.463. The molecule has 364 valence electrons. The first-order valence-corrected chi connectivity index (χ1v) is 25.3. The second-order valence-corrected chi connectivity index (χ2v) is 21.5. The Labute approximate surface area is 398 Å². The highest BCUT2D eigenvalue weighted by atomic mass is 35.7. The normalized spacial score (nSPS) is 14.7. The van der Waals surface area contributed by atoms with Gasteiger partial charge >= 0.3 is 0 Å². The third-order valence-corrected chi connectivity index (χ3v) is 14.4. The van der Waals surface area contributed by atoms with Gasteiger partial charge in [-0.3, -0.25) is 9.59 Å². The first-order chi connectivity index (χ1) is 31.1. The van der Waals surface area contributed by atoms with E-state index in [1.807, 2.05) is 0 Å². The first kappa shape index (κ1) is 55.6. The third-order valence-electron chi connectivity index (χ3n) is 9.92. The summed E-state index contributed by atoms with van der Waals surface area (Å²) in [6.07, 6.45) is 5.76. The maximum absolute atomic E-state index is 13.6. The molecule has 4 aromatic rings. The van der Waals surface area contributed by atoms with Gasteiger partial charge in [0.15, 0.2) is 0 Å². The Balaban J connectivity index is 0.000000295. The highest BCUT2D eigenvalue weighted by molar-refractivity contribution is 8.14. The largest absolute Gasteiger partial charge is 0.496 e. The lowest BCUT2D eigenvalue weighted by Crippen LogP contribution is -2.45. The van der Waals surface area contributed by atoms with Crippen LogP contribution in [0, 0.1) is 11.6 Å². The molecule has 0 aliphatic carbocycles. The summed E-state index contributed by atoms with van der Waals surface area (Å²) in [7, 11) is 1.09. The van der Waals surface area contributed by atoms with E-state index in [0.717, 1.165) is 38.1 Å². The molecule has 0 atom stereocenters. The SMILES string of the molecule is CC(C)S(=O)(=O)Cl.COc1ccc(F)cc1C(=O)c1cnc(NC2CCN(S(=O)(=O)C(C)C)CC2)nc1N.COc1ccc(F)cc1C(=O)c1cnc(NC2CCNCC2)nc1N.ClCCl. The second kappa shape index (κ2) is 26.0. The predicted octanol–water partition coefficient (Wildman–Crippen LogP) is 6.04. The number of halogens is 5. The number of carbonyl (C=O) groups excluding carboxylic acids is 2. The number of aromatic nitrogens is 4. The van der Waals surface area contributed by atoms with Crippen molar-refractivity contribution in [3.8, 4) is 11.5 Å². The lowest BCUT2D eigenvalue weighted by Gasteiger charge is -2.32. The fourth-order valence-electron chi connectivity index (χ4n) is 6.17. The van der Waals surface area contributed by atoms with Crippen molar-refractivity contribution in [3.05, 3.63) is 82.7 Å². The van der Waals surface area contributed by atoms with Gasteiger partial charge in [0.05, 0.1) is 52.3 Å². The first-order valence-electron chi connectivity index (χ1n) is 20.4. The Bertz CT molecular complexity index is 2480. The second-order valence-electron chi connectivity index (χ2n) is 15.0. The van der Waals surface area contributed by atoms with E-state index in [1.165, 1.54) is 69.0 Å². The van der Waals surface area contributed by atoms with Gasteiger partial charge in [0.1, 0.15) is 34.8 Å². The number of rotatable bonds is 13. The summed E-state index contributed by atoms with van der Waals surface area (Å²) in [6, 6.07) is 7.61. The van der Waals surface area contributed by atoms with Gasteiger partial charge in [-0.15, -0.1) is 23.2 Å². The van der Waals surface area contributed by atoms with Crippen LogP contribution in [-0.2, 0) is 19.1 Å². The van der Waals surface area contributed by atoms with Crippen LogP contribution in [-0.4, -0.2) is 121 Å². The summed E-state index contributed by atoms with van der Waals surface area (Å²) in [5, 5.41) is 8.91. The van der Waals surface area contributed by atoms with Crippen LogP contribution in [0.1, 0.15) is 85.2 Å². The maximum atomic E-state index is 13.6. The van der Waals surface area contributed by atoms with Crippen LogP contribution in [0.3, 0.4) is 0 Å². The molecule has 0 unspecified atom stereocenters. The highest BCUT2D eigenvalue weighted by Crippen LogP contribution is 2.27. The molecular formula is C41H55Cl3F2N10O8S2. The van der Waals surface area contributed by atoms with E-state index in [0.29, 0.717) is 31.9 Å². The minimum absolute atomic E-state index is 0.0251. The number of nitrogens with one attached hydrogen (secondary N) is 3. The third kappa shape index (κ3) is 16.3. The van der Waals surface area contributed by atoms with Crippen LogP contribution >= 0.6 is 33.9 Å². The number of carbonyl (C=O) groups is 2. The molecule has 0 radical (unpaired) electrons. The van der Waals surface area contributed by atoms with Gasteiger partial charge < -0.3 is 36.9 Å². The standard InChI is InChI=1S/C20H26FN5O4S.C17H20FN5O2.C3H7ClO2S.CH2Cl2/c1-12(2)31(28,29)26-8-6-14(7-9-26)24-20-23-11-16(19(22)25-20)18(27)15-10-13(21)4-5-17(15)30-3;1-25-14-3-2-10(18)8-12(14)15(24)13-9-21-17(23-16(13)19)22-11-4-6-20-7-5-11;1-3(2)7(4,5)6;2-1-3/h4-5,10-12,14H,6-9H2,1-3H3,(H3,22,23,24,25);2-3,8-9,11,20H,4-7H2,1H3,(H3,19,21,22,23);3H,1-2H3;1H2. The summed E-state index contributed by atoms with van der Waals surface area (Å²) >= 11 is 9.53. The summed E-state index contributed by atoms with van der Waals surface area (Å²) < 4.78 is 83.6. The quantitative estimate of drug-likeness (QED) is 0.0581. The van der Waals surface area contributed by atoms with E-state index in [1.54, 1.807) is 13.8 Å². The number of ketones is 2. The van der Waals surface area contributed by atoms with E-state index in [9.17, 15) is 35.2 Å². The van der Waals surface area contributed by atoms with Gasteiger partial charge in [-0.2, -0.15) is 9.97 Å². The van der Waals surface area contributed by atoms with Crippen molar-refractivity contribution in [2.24, 2.45) is 0 Å². The number of hydrogen-bond acceptors (Lipinski definition) is 17. The number of alkyl halides is 2. The Morgan fingerprint density at radius 2 is 1.12 bits per heavy atom. The van der Waals surface area contributed by atoms with Gasteiger partial charge in [0.25, 0.3) is 0 Å². The lowest BCUT2D eigenvalue weighted by atomic mass is 10.0. The highest BCUT2D eigenvalue weighted by Gasteiger charge is 2.31. The summed E-state index contributed by atoms with van der Waals surface area (Å²) in [5.41, 5.74) is 12.2. The van der Waals surface area contributed by atoms with Gasteiger partial charge in [-0.05, 0) is 103 Å². The Hall–Kier alpha value is -4.71. The van der Waals surface area contributed by atoms with Crippen molar-refractivity contribution < 1.29 is 44.7 Å². The molecule has 2 aromatic carbocycles. The number of piperidine rings is 2. The van der Waals surface area contributed by atoms with Crippen LogP contribution < -0.4 is 36.9 Å². The number of ether oxygens (including phenoxy) is 2. The van der Waals surface area contributed by atoms with E-state index >= 15 is 0 Å². The summed E-state index contributed by atoms with van der Waals surface area (Å²) in [6.45, 7) is 9.07. The monoisotopic (exact) mass is 1020 g/mol. The van der Waals surface area contributed by atoms with Crippen molar-refractivity contribution in [2.75, 3.05) is 67.8 Å². The minimum atomic E-state index is -3.27. The smallest absolute Gasteiger partial charge is 0.234 e. The van der Waals surface area contributed by atoms with Crippen molar-refractivity contribution in [3.63, 3.8) is 0 Å². The van der Waals surface area contributed by atoms with Crippen molar-refractivity contribution in [1.82, 2.24) is 29.6 Å². The number of anilines is 4. The van der Waals surface area contributed by atoms with Gasteiger partial charge in [-0.1, -0.05) is 0 Å². The average molecular weight is 1020 g/mol. The number of nitrogen functional groups attached to an aromatic ring is 2. The maximum Gasteiger partial charge on any atom is 0.234 e. The summed E-state index contributed by atoms with van der Waals surface area (Å²) in [4.78, 5) is 42.1. The van der Waals surface area contributed by atoms with E-state index in [4.69, 9.17) is 54.8 Å². The molecule has 0 saturated carbocycles. The summed E-state index contributed by atoms with van der Waals surface area (Å²) in [5.74, 6) is -1.04. The Morgan fingerprint density at radius 3 is 1.45 bits per heavy atom. The molecule has 2 fully saturated rings. The Kier molecular flexibility index (Phi) is 21.9. The molecule has 2 aromatic heterocycles. The van der Waals surface area contributed by atoms with Gasteiger partial charge in [0.2, 0.25) is 42.5 Å². The molecule has 66 heavy (non-hydrogen) atoms. The minimum Gasteiger partial charge on any atom is -0.496 e. The average Bonchev–Trinajstić information content (AvgIpc) is 3.27. The fourth-order valence-corrected chi connectivity index (χ4v) is 7.48. The number of benzene rings is 2. The van der Waals surface area contributed by atoms with Crippen LogP contribution in [0.4, 0.5) is 32.3 Å².